The zero-order valence-electron chi connectivity index (χ0n) is 27.0. The molecule has 252 valence electrons. The molecule has 0 radical (unpaired) electrons. The molecular weight excluding hydrogens is 598 g/mol. The molecule has 13 heteroatoms. The van der Waals surface area contributed by atoms with Crippen LogP contribution in [-0.4, -0.2) is 109 Å². The Morgan fingerprint density at radius 1 is 0.978 bits per heavy atom. The van der Waals surface area contributed by atoms with Crippen LogP contribution in [-0.2, 0) is 29.1 Å². The number of β-lactam (4-membered cyclic amide) rings is 1. The van der Waals surface area contributed by atoms with Crippen LogP contribution in [0.5, 0.6) is 0 Å². The summed E-state index contributed by atoms with van der Waals surface area (Å²) in [6.07, 6.45) is 10.7. The fraction of sp³-hybridized carbons (Fsp3) is 0.812. The van der Waals surface area contributed by atoms with Gasteiger partial charge in [-0.25, -0.2) is 17.5 Å². The summed E-state index contributed by atoms with van der Waals surface area (Å²) in [6, 6.07) is -3.41. The van der Waals surface area contributed by atoms with E-state index in [0.29, 0.717) is 51.5 Å². The minimum absolute atomic E-state index is 0.219. The number of amides is 4. The number of allylic oxidation sites excluding steroid dienone is 1. The number of hydrogen-bond acceptors (Lipinski definition) is 8. The van der Waals surface area contributed by atoms with E-state index in [1.165, 1.54) is 17.7 Å². The summed E-state index contributed by atoms with van der Waals surface area (Å²) in [6.45, 7) is 9.92. The summed E-state index contributed by atoms with van der Waals surface area (Å²) in [5.41, 5.74) is -0.250. The van der Waals surface area contributed by atoms with E-state index in [2.05, 4.69) is 36.3 Å². The summed E-state index contributed by atoms with van der Waals surface area (Å²) in [5, 5.41) is 5.03. The summed E-state index contributed by atoms with van der Waals surface area (Å²) >= 11 is 0. The topological polar surface area (TPSA) is 145 Å². The highest BCUT2D eigenvalue weighted by atomic mass is 32.2. The Kier molecular flexibility index (Phi) is 10.5. The lowest BCUT2D eigenvalue weighted by Crippen LogP contribution is -2.72. The molecule has 3 saturated heterocycles. The maximum absolute atomic E-state index is 13.8. The Balaban J connectivity index is 1.22. The molecule has 1 saturated carbocycles. The van der Waals surface area contributed by atoms with Crippen molar-refractivity contribution in [1.29, 1.82) is 0 Å². The Labute approximate surface area is 267 Å². The maximum atomic E-state index is 13.8. The number of likely N-dealkylation sites (tertiary alicyclic amines) is 1. The van der Waals surface area contributed by atoms with Gasteiger partial charge in [0.25, 0.3) is 5.91 Å². The average molecular weight is 650 g/mol. The van der Waals surface area contributed by atoms with Crippen molar-refractivity contribution in [1.82, 2.24) is 24.7 Å². The van der Waals surface area contributed by atoms with Crippen LogP contribution in [0.2, 0.25) is 0 Å². The molecule has 4 aliphatic heterocycles. The van der Waals surface area contributed by atoms with Gasteiger partial charge < -0.3 is 25.2 Å². The second kappa shape index (κ2) is 14.0. The number of piperidine rings is 1. The number of nitrogens with one attached hydrogen (secondary N) is 2. The van der Waals surface area contributed by atoms with Crippen LogP contribution < -0.4 is 10.6 Å². The molecule has 4 atom stereocenters. The Bertz CT molecular complexity index is 1260. The van der Waals surface area contributed by atoms with Gasteiger partial charge in [-0.05, 0) is 76.8 Å². The first-order valence-corrected chi connectivity index (χ1v) is 18.4. The molecule has 0 aromatic carbocycles. The van der Waals surface area contributed by atoms with Crippen molar-refractivity contribution in [2.75, 3.05) is 32.8 Å². The molecule has 5 rings (SSSR count). The van der Waals surface area contributed by atoms with Crippen LogP contribution >= 0.6 is 0 Å². The first kappa shape index (κ1) is 33.7. The van der Waals surface area contributed by atoms with Crippen molar-refractivity contribution in [3.05, 3.63) is 12.2 Å². The maximum Gasteiger partial charge on any atom is 0.407 e. The van der Waals surface area contributed by atoms with Crippen molar-refractivity contribution in [2.24, 2.45) is 11.3 Å². The number of ether oxygens (including phenoxy) is 1. The second-order valence-electron chi connectivity index (χ2n) is 14.5. The minimum atomic E-state index is -3.76. The normalized spacial score (nSPS) is 30.3. The second-order valence-corrected chi connectivity index (χ2v) is 16.6. The van der Waals surface area contributed by atoms with Gasteiger partial charge in [0.05, 0.1) is 17.9 Å². The van der Waals surface area contributed by atoms with Crippen LogP contribution in [0.1, 0.15) is 91.4 Å². The lowest BCUT2D eigenvalue weighted by Gasteiger charge is -2.45. The zero-order chi connectivity index (χ0) is 32.4. The number of rotatable bonds is 7. The van der Waals surface area contributed by atoms with Crippen LogP contribution in [0.3, 0.4) is 0 Å². The Hall–Kier alpha value is -2.67. The van der Waals surface area contributed by atoms with Crippen molar-refractivity contribution in [3.63, 3.8) is 0 Å². The van der Waals surface area contributed by atoms with Gasteiger partial charge in [0.1, 0.15) is 18.1 Å². The molecule has 0 bridgehead atoms. The van der Waals surface area contributed by atoms with E-state index >= 15 is 0 Å². The fourth-order valence-electron chi connectivity index (χ4n) is 6.99. The summed E-state index contributed by atoms with van der Waals surface area (Å²) in [7, 11) is -3.76. The van der Waals surface area contributed by atoms with Crippen molar-refractivity contribution in [2.45, 2.75) is 121 Å². The van der Waals surface area contributed by atoms with Crippen molar-refractivity contribution in [3.8, 4) is 0 Å². The minimum Gasteiger partial charge on any atom is -0.449 e. The molecule has 4 heterocycles. The predicted octanol–water partition coefficient (Wildman–Crippen LogP) is 2.54. The first-order chi connectivity index (χ1) is 21.4. The first-order valence-electron chi connectivity index (χ1n) is 16.9. The van der Waals surface area contributed by atoms with Crippen molar-refractivity contribution >= 4 is 33.8 Å². The van der Waals surface area contributed by atoms with Gasteiger partial charge in [0, 0.05) is 18.5 Å². The summed E-state index contributed by atoms with van der Waals surface area (Å²) < 4.78 is 32.5. The van der Waals surface area contributed by atoms with Crippen LogP contribution in [0.4, 0.5) is 4.79 Å². The number of alkyl carbamates (subject to hydrolysis) is 1. The Morgan fingerprint density at radius 3 is 2.42 bits per heavy atom. The van der Waals surface area contributed by atoms with E-state index in [-0.39, 0.29) is 17.9 Å². The number of sulfonamides is 1. The van der Waals surface area contributed by atoms with E-state index in [1.807, 2.05) is 6.08 Å². The van der Waals surface area contributed by atoms with E-state index in [9.17, 15) is 27.6 Å². The molecule has 2 N–H and O–H groups in total. The van der Waals surface area contributed by atoms with Gasteiger partial charge in [-0.1, -0.05) is 45.8 Å². The van der Waals surface area contributed by atoms with Gasteiger partial charge in [-0.2, -0.15) is 0 Å². The molecule has 45 heavy (non-hydrogen) atoms. The largest absolute Gasteiger partial charge is 0.449 e. The molecule has 4 fully saturated rings. The molecule has 4 amide bonds. The standard InChI is InChI=1S/C32H51N5O7S/c1-22-15-18-35(19-16-22)20-32(2,3)21-44-31(41)33-24-10-7-5-4-6-8-11-25-27(30(40)37(25)45(42,43)23-13-14-23)34-28(38)26-12-9-17-36(26)29(24)39/h8,11,22-27H,4-7,9-10,12-21H2,1-3H3,(H,33,41)(H,34,38)/b11-8-/t24-,25-,26-,27?/m0/s1. The summed E-state index contributed by atoms with van der Waals surface area (Å²) in [4.78, 5) is 57.3. The lowest BCUT2D eigenvalue weighted by atomic mass is 9.91. The van der Waals surface area contributed by atoms with Crippen molar-refractivity contribution < 1.29 is 32.3 Å². The highest BCUT2D eigenvalue weighted by Gasteiger charge is 2.57. The molecule has 0 spiro atoms. The SMILES string of the molecule is CC1CCN(CC(C)(C)COC(=O)N[C@H]2CCCCC/C=C\[C@H]3C(NC(=O)[C@@H]4CCCN4C2=O)C(=O)N3S(=O)(=O)C2CC2)CC1. The molecule has 1 aliphatic carbocycles. The summed E-state index contributed by atoms with van der Waals surface area (Å²) in [5.74, 6) is -0.713. The van der Waals surface area contributed by atoms with Crippen LogP contribution in [0, 0.1) is 11.3 Å². The molecule has 0 aromatic rings. The third kappa shape index (κ3) is 8.01. The van der Waals surface area contributed by atoms with Gasteiger partial charge in [-0.3, -0.25) is 14.4 Å². The van der Waals surface area contributed by atoms with Gasteiger partial charge in [-0.15, -0.1) is 0 Å². The predicted molar refractivity (Wildman–Crippen MR) is 168 cm³/mol. The monoisotopic (exact) mass is 649 g/mol. The molecule has 5 aliphatic rings. The molecule has 1 unspecified atom stereocenters. The third-order valence-electron chi connectivity index (χ3n) is 9.86. The highest BCUT2D eigenvalue weighted by Crippen LogP contribution is 2.37. The van der Waals surface area contributed by atoms with Gasteiger partial charge in [0.15, 0.2) is 0 Å². The fourth-order valence-corrected chi connectivity index (χ4v) is 8.94. The Morgan fingerprint density at radius 2 is 1.71 bits per heavy atom. The zero-order valence-corrected chi connectivity index (χ0v) is 27.9. The van der Waals surface area contributed by atoms with Gasteiger partial charge in [0.2, 0.25) is 21.8 Å². The molecule has 12 nitrogen and oxygen atoms in total. The molecule has 0 aromatic heterocycles. The van der Waals surface area contributed by atoms with E-state index in [4.69, 9.17) is 4.74 Å². The average Bonchev–Trinajstić information content (AvgIpc) is 3.75. The third-order valence-corrected chi connectivity index (χ3v) is 12.1. The number of carbonyl (C=O) groups is 4. The van der Waals surface area contributed by atoms with E-state index in [1.54, 1.807) is 6.08 Å². The van der Waals surface area contributed by atoms with Gasteiger partial charge >= 0.3 is 6.09 Å². The molecular formula is C32H51N5O7S. The van der Waals surface area contributed by atoms with E-state index in [0.717, 1.165) is 42.7 Å². The number of nitrogens with zero attached hydrogens (tertiary/aromatic N) is 3. The van der Waals surface area contributed by atoms with Crippen LogP contribution in [0.25, 0.3) is 0 Å². The number of fused-ring (bicyclic) bond motifs is 2. The smallest absolute Gasteiger partial charge is 0.407 e. The quantitative estimate of drug-likeness (QED) is 0.316. The highest BCUT2D eigenvalue weighted by molar-refractivity contribution is 7.90. The lowest BCUT2D eigenvalue weighted by molar-refractivity contribution is -0.146. The number of hydrogen-bond donors (Lipinski definition) is 2. The van der Waals surface area contributed by atoms with Crippen LogP contribution in [0.15, 0.2) is 12.2 Å². The number of carbonyl (C=O) groups excluding carboxylic acids is 4. The van der Waals surface area contributed by atoms with E-state index < -0.39 is 57.3 Å².